The first-order valence-corrected chi connectivity index (χ1v) is 4.77. The summed E-state index contributed by atoms with van der Waals surface area (Å²) in [5, 5.41) is 0.761. The second-order valence-corrected chi connectivity index (χ2v) is 3.79. The van der Waals surface area contributed by atoms with E-state index in [1.54, 1.807) is 0 Å². The second-order valence-electron chi connectivity index (χ2n) is 2.88. The van der Waals surface area contributed by atoms with E-state index in [2.05, 4.69) is 20.9 Å². The van der Waals surface area contributed by atoms with E-state index in [-0.39, 0.29) is 0 Å². The van der Waals surface area contributed by atoms with Crippen molar-refractivity contribution >= 4 is 39.4 Å². The SMILES string of the molecule is O=Cc1[nH]c2ccc(Br)cc2c1C=O. The van der Waals surface area contributed by atoms with E-state index in [1.807, 2.05) is 18.2 Å². The Balaban J connectivity index is 2.87. The van der Waals surface area contributed by atoms with E-state index >= 15 is 0 Å². The topological polar surface area (TPSA) is 49.9 Å². The van der Waals surface area contributed by atoms with Crippen LogP contribution in [0.4, 0.5) is 0 Å². The molecule has 0 fully saturated rings. The van der Waals surface area contributed by atoms with Crippen molar-refractivity contribution in [3.63, 3.8) is 0 Å². The van der Waals surface area contributed by atoms with Gasteiger partial charge < -0.3 is 4.98 Å². The third kappa shape index (κ3) is 1.28. The highest BCUT2D eigenvalue weighted by Crippen LogP contribution is 2.23. The summed E-state index contributed by atoms with van der Waals surface area (Å²) >= 11 is 3.31. The lowest BCUT2D eigenvalue weighted by Gasteiger charge is -1.91. The van der Waals surface area contributed by atoms with Gasteiger partial charge in [0.2, 0.25) is 0 Å². The summed E-state index contributed by atoms with van der Waals surface area (Å²) in [4.78, 5) is 24.3. The Hall–Kier alpha value is -1.42. The van der Waals surface area contributed by atoms with E-state index < -0.39 is 0 Å². The molecule has 0 amide bonds. The van der Waals surface area contributed by atoms with E-state index in [9.17, 15) is 9.59 Å². The van der Waals surface area contributed by atoms with Crippen molar-refractivity contribution in [2.24, 2.45) is 0 Å². The van der Waals surface area contributed by atoms with Gasteiger partial charge in [-0.3, -0.25) is 9.59 Å². The molecule has 1 N–H and O–H groups in total. The summed E-state index contributed by atoms with van der Waals surface area (Å²) in [5.41, 5.74) is 1.53. The molecular formula is C10H6BrNO2. The van der Waals surface area contributed by atoms with Crippen LogP contribution in [-0.4, -0.2) is 17.6 Å². The van der Waals surface area contributed by atoms with E-state index in [0.29, 0.717) is 23.8 Å². The molecule has 0 bridgehead atoms. The largest absolute Gasteiger partial charge is 0.352 e. The monoisotopic (exact) mass is 251 g/mol. The fraction of sp³-hybridized carbons (Fsp3) is 0. The molecule has 0 unspecified atom stereocenters. The van der Waals surface area contributed by atoms with Gasteiger partial charge >= 0.3 is 0 Å². The number of aromatic nitrogens is 1. The number of aldehydes is 2. The summed E-state index contributed by atoms with van der Waals surface area (Å²) < 4.78 is 0.879. The summed E-state index contributed by atoms with van der Waals surface area (Å²) in [5.74, 6) is 0. The Morgan fingerprint density at radius 3 is 2.64 bits per heavy atom. The molecule has 14 heavy (non-hydrogen) atoms. The van der Waals surface area contributed by atoms with Crippen molar-refractivity contribution in [3.8, 4) is 0 Å². The Morgan fingerprint density at radius 1 is 1.21 bits per heavy atom. The lowest BCUT2D eigenvalue weighted by molar-refractivity contribution is 0.109. The highest BCUT2D eigenvalue weighted by molar-refractivity contribution is 9.10. The maximum Gasteiger partial charge on any atom is 0.167 e. The smallest absolute Gasteiger partial charge is 0.167 e. The first-order valence-electron chi connectivity index (χ1n) is 3.98. The maximum atomic E-state index is 10.8. The fourth-order valence-electron chi connectivity index (χ4n) is 1.43. The molecule has 0 spiro atoms. The summed E-state index contributed by atoms with van der Waals surface area (Å²) in [6, 6.07) is 5.48. The van der Waals surface area contributed by atoms with Crippen LogP contribution >= 0.6 is 15.9 Å². The predicted molar refractivity (Wildman–Crippen MR) is 56.8 cm³/mol. The Bertz CT molecular complexity index is 516. The van der Waals surface area contributed by atoms with Crippen molar-refractivity contribution in [3.05, 3.63) is 33.9 Å². The van der Waals surface area contributed by atoms with Gasteiger partial charge in [-0.2, -0.15) is 0 Å². The molecule has 0 radical (unpaired) electrons. The van der Waals surface area contributed by atoms with Gasteiger partial charge in [0, 0.05) is 15.4 Å². The number of hydrogen-bond acceptors (Lipinski definition) is 2. The van der Waals surface area contributed by atoms with Crippen LogP contribution in [0.5, 0.6) is 0 Å². The molecular weight excluding hydrogens is 246 g/mol. The third-order valence-electron chi connectivity index (χ3n) is 2.07. The molecule has 1 aromatic carbocycles. The minimum Gasteiger partial charge on any atom is -0.352 e. The number of halogens is 1. The lowest BCUT2D eigenvalue weighted by Crippen LogP contribution is -1.85. The maximum absolute atomic E-state index is 10.8. The van der Waals surface area contributed by atoms with Crippen LogP contribution in [0.3, 0.4) is 0 Å². The average Bonchev–Trinajstić information content (AvgIpc) is 2.54. The normalized spacial score (nSPS) is 10.4. The van der Waals surface area contributed by atoms with Crippen LogP contribution < -0.4 is 0 Å². The molecule has 0 aliphatic rings. The van der Waals surface area contributed by atoms with Gasteiger partial charge in [-0.15, -0.1) is 0 Å². The molecule has 0 saturated heterocycles. The van der Waals surface area contributed by atoms with Crippen molar-refractivity contribution in [2.45, 2.75) is 0 Å². The third-order valence-corrected chi connectivity index (χ3v) is 2.56. The van der Waals surface area contributed by atoms with Gasteiger partial charge in [0.25, 0.3) is 0 Å². The number of aromatic amines is 1. The number of benzene rings is 1. The standard InChI is InChI=1S/C10H6BrNO2/c11-6-1-2-9-7(3-6)8(4-13)10(5-14)12-9/h1-5,12H. The van der Waals surface area contributed by atoms with Gasteiger partial charge in [0.1, 0.15) is 0 Å². The Morgan fingerprint density at radius 2 is 2.00 bits per heavy atom. The highest BCUT2D eigenvalue weighted by atomic mass is 79.9. The lowest BCUT2D eigenvalue weighted by atomic mass is 10.1. The molecule has 0 aliphatic carbocycles. The van der Waals surface area contributed by atoms with Crippen molar-refractivity contribution in [1.29, 1.82) is 0 Å². The molecule has 4 heteroatoms. The zero-order valence-electron chi connectivity index (χ0n) is 7.08. The summed E-state index contributed by atoms with van der Waals surface area (Å²) in [6.45, 7) is 0. The zero-order chi connectivity index (χ0) is 10.1. The van der Waals surface area contributed by atoms with Crippen LogP contribution in [0, 0.1) is 0 Å². The van der Waals surface area contributed by atoms with Gasteiger partial charge in [-0.25, -0.2) is 0 Å². The second kappa shape index (κ2) is 3.38. The van der Waals surface area contributed by atoms with Gasteiger partial charge in [0.15, 0.2) is 12.6 Å². The molecule has 2 aromatic rings. The van der Waals surface area contributed by atoms with E-state index in [4.69, 9.17) is 0 Å². The first kappa shape index (κ1) is 9.15. The van der Waals surface area contributed by atoms with Crippen LogP contribution in [0.15, 0.2) is 22.7 Å². The minimum atomic E-state index is 0.327. The summed E-state index contributed by atoms with van der Waals surface area (Å²) in [6.07, 6.45) is 1.34. The number of fused-ring (bicyclic) bond motifs is 1. The van der Waals surface area contributed by atoms with Crippen LogP contribution in [-0.2, 0) is 0 Å². The quantitative estimate of drug-likeness (QED) is 0.835. The molecule has 70 valence electrons. The number of hydrogen-bond donors (Lipinski definition) is 1. The number of nitrogens with one attached hydrogen (secondary N) is 1. The van der Waals surface area contributed by atoms with Gasteiger partial charge in [0.05, 0.1) is 11.3 Å². The van der Waals surface area contributed by atoms with E-state index in [0.717, 1.165) is 15.4 Å². The molecule has 0 aliphatic heterocycles. The fourth-order valence-corrected chi connectivity index (χ4v) is 1.79. The van der Waals surface area contributed by atoms with Crippen LogP contribution in [0.1, 0.15) is 20.8 Å². The number of rotatable bonds is 2. The number of H-pyrrole nitrogens is 1. The molecule has 3 nitrogen and oxygen atoms in total. The van der Waals surface area contributed by atoms with Crippen LogP contribution in [0.25, 0.3) is 10.9 Å². The first-order chi connectivity index (χ1) is 6.76. The number of carbonyl (C=O) groups excluding carboxylic acids is 2. The predicted octanol–water partition coefficient (Wildman–Crippen LogP) is 2.56. The molecule has 1 aromatic heterocycles. The van der Waals surface area contributed by atoms with Gasteiger partial charge in [-0.05, 0) is 18.2 Å². The number of carbonyl (C=O) groups is 2. The average molecular weight is 252 g/mol. The molecule has 2 rings (SSSR count). The molecule has 1 heterocycles. The Labute approximate surface area is 88.2 Å². The van der Waals surface area contributed by atoms with E-state index in [1.165, 1.54) is 0 Å². The van der Waals surface area contributed by atoms with Crippen molar-refractivity contribution < 1.29 is 9.59 Å². The highest BCUT2D eigenvalue weighted by Gasteiger charge is 2.09. The zero-order valence-corrected chi connectivity index (χ0v) is 8.67. The minimum absolute atomic E-state index is 0.327. The molecule has 0 atom stereocenters. The Kier molecular flexibility index (Phi) is 2.21. The van der Waals surface area contributed by atoms with Crippen molar-refractivity contribution in [2.75, 3.05) is 0 Å². The molecule has 0 saturated carbocycles. The summed E-state index contributed by atoms with van der Waals surface area (Å²) in [7, 11) is 0. The van der Waals surface area contributed by atoms with Gasteiger partial charge in [-0.1, -0.05) is 15.9 Å². The van der Waals surface area contributed by atoms with Crippen molar-refractivity contribution in [1.82, 2.24) is 4.98 Å². The van der Waals surface area contributed by atoms with Crippen LogP contribution in [0.2, 0.25) is 0 Å².